The van der Waals surface area contributed by atoms with Gasteiger partial charge < -0.3 is 15.0 Å². The lowest BCUT2D eigenvalue weighted by molar-refractivity contribution is -0.114. The van der Waals surface area contributed by atoms with Gasteiger partial charge >= 0.3 is 5.69 Å². The van der Waals surface area contributed by atoms with Crippen LogP contribution in [0.4, 0.5) is 5.69 Å². The molecule has 4 rings (SSSR count). The maximum Gasteiger partial charge on any atom is 0.328 e. The lowest BCUT2D eigenvalue weighted by atomic mass is 9.90. The number of fused-ring (bicyclic) bond motifs is 1. The van der Waals surface area contributed by atoms with Crippen molar-refractivity contribution in [3.8, 4) is 5.88 Å². The van der Waals surface area contributed by atoms with Crippen LogP contribution in [0.25, 0.3) is 0 Å². The average molecular weight is 398 g/mol. The van der Waals surface area contributed by atoms with Crippen LogP contribution < -0.4 is 21.3 Å². The first-order chi connectivity index (χ1) is 13.8. The van der Waals surface area contributed by atoms with E-state index in [1.54, 1.807) is 29.2 Å². The van der Waals surface area contributed by atoms with Crippen molar-refractivity contribution in [2.24, 2.45) is 0 Å². The molecule has 152 valence electrons. The molecule has 1 aromatic carbocycles. The number of ether oxygens (including phenoxy) is 1. The van der Waals surface area contributed by atoms with E-state index >= 15 is 0 Å². The Kier molecular flexibility index (Phi) is 4.73. The normalized spacial score (nSPS) is 20.7. The summed E-state index contributed by atoms with van der Waals surface area (Å²) in [6.45, 7) is 2.50. The third kappa shape index (κ3) is 3.80. The zero-order chi connectivity index (χ0) is 20.6. The Morgan fingerprint density at radius 3 is 2.59 bits per heavy atom. The molecule has 1 unspecified atom stereocenters. The van der Waals surface area contributed by atoms with Gasteiger partial charge in [0.05, 0.1) is 5.56 Å². The first-order valence-corrected chi connectivity index (χ1v) is 9.57. The Balaban J connectivity index is 1.46. The zero-order valence-electron chi connectivity index (χ0n) is 16.0. The van der Waals surface area contributed by atoms with E-state index in [0.717, 1.165) is 6.42 Å². The number of aromatic amines is 2. The standard InChI is InChI=1S/C20H22N4O5/c1-12(25)21-14-5-3-13(4-6-14)18(27)24-9-2-7-20(8-10-24)11-15-16(26)22-19(28)23-17(15)29-20/h3-6H,2,7-11H2,1H3,(H,21,25)(H2,22,23,26,28). The quantitative estimate of drug-likeness (QED) is 0.697. The molecule has 1 aromatic heterocycles. The lowest BCUT2D eigenvalue weighted by Gasteiger charge is -2.27. The van der Waals surface area contributed by atoms with Gasteiger partial charge in [-0.25, -0.2) is 4.79 Å². The van der Waals surface area contributed by atoms with Crippen molar-refractivity contribution in [2.75, 3.05) is 18.4 Å². The molecule has 3 heterocycles. The van der Waals surface area contributed by atoms with Crippen molar-refractivity contribution in [3.05, 3.63) is 56.2 Å². The number of anilines is 1. The second kappa shape index (κ2) is 7.23. The van der Waals surface area contributed by atoms with Gasteiger partial charge in [-0.3, -0.25) is 24.4 Å². The fraction of sp³-hybridized carbons (Fsp3) is 0.400. The molecular weight excluding hydrogens is 376 g/mol. The van der Waals surface area contributed by atoms with E-state index in [-0.39, 0.29) is 17.7 Å². The number of carbonyl (C=O) groups excluding carboxylic acids is 2. The molecule has 0 aliphatic carbocycles. The molecule has 9 heteroatoms. The van der Waals surface area contributed by atoms with Crippen LogP contribution in [0.5, 0.6) is 5.88 Å². The molecule has 2 amide bonds. The van der Waals surface area contributed by atoms with E-state index in [1.165, 1.54) is 6.92 Å². The first-order valence-electron chi connectivity index (χ1n) is 9.57. The van der Waals surface area contributed by atoms with Crippen LogP contribution in [0.15, 0.2) is 33.9 Å². The molecule has 2 aliphatic heterocycles. The van der Waals surface area contributed by atoms with Gasteiger partial charge in [0.15, 0.2) is 0 Å². The van der Waals surface area contributed by atoms with E-state index in [1.807, 2.05) is 0 Å². The second-order valence-electron chi connectivity index (χ2n) is 7.58. The maximum atomic E-state index is 12.9. The van der Waals surface area contributed by atoms with Crippen LogP contribution in [-0.2, 0) is 11.2 Å². The van der Waals surface area contributed by atoms with Gasteiger partial charge in [0, 0.05) is 44.1 Å². The number of carbonyl (C=O) groups is 2. The monoisotopic (exact) mass is 398 g/mol. The zero-order valence-corrected chi connectivity index (χ0v) is 16.0. The molecule has 1 atom stereocenters. The minimum atomic E-state index is -0.584. The predicted octanol–water partition coefficient (Wildman–Crippen LogP) is 1.02. The molecule has 1 spiro atoms. The second-order valence-corrected chi connectivity index (χ2v) is 7.58. The molecule has 0 saturated carbocycles. The molecule has 1 saturated heterocycles. The van der Waals surface area contributed by atoms with Crippen molar-refractivity contribution >= 4 is 17.5 Å². The van der Waals surface area contributed by atoms with E-state index in [2.05, 4.69) is 15.3 Å². The highest BCUT2D eigenvalue weighted by Crippen LogP contribution is 2.38. The summed E-state index contributed by atoms with van der Waals surface area (Å²) in [6.07, 6.45) is 2.40. The number of benzene rings is 1. The molecule has 0 radical (unpaired) electrons. The third-order valence-corrected chi connectivity index (χ3v) is 5.46. The highest BCUT2D eigenvalue weighted by molar-refractivity contribution is 5.95. The third-order valence-electron chi connectivity index (χ3n) is 5.46. The van der Waals surface area contributed by atoms with Crippen molar-refractivity contribution in [2.45, 2.75) is 38.2 Å². The van der Waals surface area contributed by atoms with Crippen LogP contribution in [0, 0.1) is 0 Å². The van der Waals surface area contributed by atoms with E-state index in [0.29, 0.717) is 49.2 Å². The Labute approximate surface area is 166 Å². The number of amides is 2. The number of aromatic nitrogens is 2. The Bertz CT molecular complexity index is 1070. The molecule has 0 bridgehead atoms. The van der Waals surface area contributed by atoms with Crippen molar-refractivity contribution in [1.82, 2.24) is 14.9 Å². The van der Waals surface area contributed by atoms with Crippen molar-refractivity contribution in [3.63, 3.8) is 0 Å². The van der Waals surface area contributed by atoms with Crippen LogP contribution in [0.3, 0.4) is 0 Å². The fourth-order valence-electron chi connectivity index (χ4n) is 4.05. The van der Waals surface area contributed by atoms with Gasteiger partial charge in [-0.15, -0.1) is 0 Å². The molecule has 9 nitrogen and oxygen atoms in total. The van der Waals surface area contributed by atoms with Gasteiger partial charge in [-0.2, -0.15) is 0 Å². The highest BCUT2D eigenvalue weighted by atomic mass is 16.5. The van der Waals surface area contributed by atoms with Crippen LogP contribution in [0.1, 0.15) is 42.1 Å². The Morgan fingerprint density at radius 1 is 1.10 bits per heavy atom. The van der Waals surface area contributed by atoms with Gasteiger partial charge in [-0.05, 0) is 37.1 Å². The summed E-state index contributed by atoms with van der Waals surface area (Å²) in [4.78, 5) is 54.1. The maximum absolute atomic E-state index is 12.9. The predicted molar refractivity (Wildman–Crippen MR) is 105 cm³/mol. The largest absolute Gasteiger partial charge is 0.471 e. The van der Waals surface area contributed by atoms with Gasteiger partial charge in [0.1, 0.15) is 5.60 Å². The summed E-state index contributed by atoms with van der Waals surface area (Å²) in [5.41, 5.74) is 0.0600. The van der Waals surface area contributed by atoms with Crippen LogP contribution in [-0.4, -0.2) is 45.4 Å². The number of likely N-dealkylation sites (tertiary alicyclic amines) is 1. The summed E-state index contributed by atoms with van der Waals surface area (Å²) in [5, 5.41) is 2.68. The minimum Gasteiger partial charge on any atom is -0.471 e. The molecule has 2 aromatic rings. The Hall–Kier alpha value is -3.36. The molecule has 3 N–H and O–H groups in total. The number of rotatable bonds is 2. The summed E-state index contributed by atoms with van der Waals surface area (Å²) >= 11 is 0. The lowest BCUT2D eigenvalue weighted by Crippen LogP contribution is -2.37. The average Bonchev–Trinajstić information content (AvgIpc) is 2.90. The van der Waals surface area contributed by atoms with Crippen molar-refractivity contribution < 1.29 is 14.3 Å². The number of H-pyrrole nitrogens is 2. The number of hydrogen-bond donors (Lipinski definition) is 3. The van der Waals surface area contributed by atoms with Gasteiger partial charge in [0.25, 0.3) is 11.5 Å². The SMILES string of the molecule is CC(=O)Nc1ccc(C(=O)N2CCCC3(CC2)Cc2c([nH]c(=O)[nH]c2=O)O3)cc1. The van der Waals surface area contributed by atoms with Gasteiger partial charge in [-0.1, -0.05) is 0 Å². The van der Waals surface area contributed by atoms with E-state index in [4.69, 9.17) is 4.74 Å². The molecule has 29 heavy (non-hydrogen) atoms. The number of hydrogen-bond acceptors (Lipinski definition) is 5. The van der Waals surface area contributed by atoms with Crippen LogP contribution >= 0.6 is 0 Å². The molecular formula is C20H22N4O5. The summed E-state index contributed by atoms with van der Waals surface area (Å²) in [6, 6.07) is 6.79. The summed E-state index contributed by atoms with van der Waals surface area (Å²) < 4.78 is 6.01. The molecule has 1 fully saturated rings. The van der Waals surface area contributed by atoms with Crippen molar-refractivity contribution in [1.29, 1.82) is 0 Å². The fourth-order valence-corrected chi connectivity index (χ4v) is 4.05. The number of nitrogens with one attached hydrogen (secondary N) is 3. The van der Waals surface area contributed by atoms with E-state index < -0.39 is 16.9 Å². The smallest absolute Gasteiger partial charge is 0.328 e. The summed E-state index contributed by atoms with van der Waals surface area (Å²) in [5.74, 6) is -0.00934. The van der Waals surface area contributed by atoms with E-state index in [9.17, 15) is 19.2 Å². The first kappa shape index (κ1) is 19.0. The topological polar surface area (TPSA) is 124 Å². The van der Waals surface area contributed by atoms with Crippen LogP contribution in [0.2, 0.25) is 0 Å². The highest BCUT2D eigenvalue weighted by Gasteiger charge is 2.43. The molecule has 2 aliphatic rings. The van der Waals surface area contributed by atoms with Gasteiger partial charge in [0.2, 0.25) is 11.8 Å². The summed E-state index contributed by atoms with van der Waals surface area (Å²) in [7, 11) is 0. The number of nitrogens with zero attached hydrogens (tertiary/aromatic N) is 1. The Morgan fingerprint density at radius 2 is 1.86 bits per heavy atom. The minimum absolute atomic E-state index is 0.0850.